The summed E-state index contributed by atoms with van der Waals surface area (Å²) < 4.78 is 29.9. The lowest BCUT2D eigenvalue weighted by molar-refractivity contribution is -0.139. The molecule has 1 heterocycles. The molecule has 1 rings (SSSR count). The van der Waals surface area contributed by atoms with Gasteiger partial charge in [0.05, 0.1) is 7.11 Å². The Morgan fingerprint density at radius 3 is 2.58 bits per heavy atom. The number of carboxylic acid groups (broad SMARTS) is 1. The topological polar surface area (TPSA) is 123 Å². The molecule has 8 nitrogen and oxygen atoms in total. The van der Waals surface area contributed by atoms with Gasteiger partial charge in [0.25, 0.3) is 0 Å². The molecule has 1 unspecified atom stereocenters. The molecule has 0 amide bonds. The van der Waals surface area contributed by atoms with Crippen molar-refractivity contribution in [1.82, 2.24) is 4.98 Å². The summed E-state index contributed by atoms with van der Waals surface area (Å²) in [4.78, 5) is 25.4. The summed E-state index contributed by atoms with van der Waals surface area (Å²) in [7, 11) is -2.98. The molecule has 0 radical (unpaired) electrons. The Balaban J connectivity index is 2.99. The van der Waals surface area contributed by atoms with Gasteiger partial charge in [0.2, 0.25) is 10.0 Å². The number of aromatic carboxylic acids is 1. The number of pyridine rings is 1. The number of hydrogen-bond donors (Lipinski definition) is 2. The number of anilines is 1. The molecule has 0 saturated carbocycles. The molecule has 0 aliphatic heterocycles. The van der Waals surface area contributed by atoms with Crippen LogP contribution < -0.4 is 4.72 Å². The van der Waals surface area contributed by atoms with Gasteiger partial charge in [-0.05, 0) is 19.1 Å². The van der Waals surface area contributed by atoms with Crippen LogP contribution in [0.5, 0.6) is 0 Å². The second kappa shape index (κ2) is 5.65. The van der Waals surface area contributed by atoms with Crippen molar-refractivity contribution in [2.75, 3.05) is 11.8 Å². The molecule has 104 valence electrons. The largest absolute Gasteiger partial charge is 0.477 e. The minimum atomic E-state index is -4.05. The Bertz CT molecular complexity index is 598. The number of nitrogens with one attached hydrogen (secondary N) is 1. The van der Waals surface area contributed by atoms with Gasteiger partial charge in [-0.1, -0.05) is 6.07 Å². The number of carboxylic acids is 1. The number of nitrogens with zero attached hydrogens (tertiary/aromatic N) is 1. The molecule has 1 atom stereocenters. The van der Waals surface area contributed by atoms with E-state index in [2.05, 4.69) is 9.72 Å². The van der Waals surface area contributed by atoms with Crippen LogP contribution in [0, 0.1) is 0 Å². The fraction of sp³-hybridized carbons (Fsp3) is 0.300. The third kappa shape index (κ3) is 3.65. The first kappa shape index (κ1) is 14.9. The number of rotatable bonds is 5. The Morgan fingerprint density at radius 1 is 1.42 bits per heavy atom. The number of sulfonamides is 1. The monoisotopic (exact) mass is 288 g/mol. The van der Waals surface area contributed by atoms with Gasteiger partial charge in [0.15, 0.2) is 10.9 Å². The fourth-order valence-corrected chi connectivity index (χ4v) is 2.07. The lowest BCUT2D eigenvalue weighted by Gasteiger charge is -2.12. The van der Waals surface area contributed by atoms with E-state index in [0.29, 0.717) is 0 Å². The first-order valence-electron chi connectivity index (χ1n) is 5.07. The van der Waals surface area contributed by atoms with E-state index in [4.69, 9.17) is 5.11 Å². The average molecular weight is 288 g/mol. The molecule has 0 saturated heterocycles. The van der Waals surface area contributed by atoms with Crippen LogP contribution in [0.25, 0.3) is 0 Å². The molecule has 0 spiro atoms. The van der Waals surface area contributed by atoms with E-state index in [1.54, 1.807) is 0 Å². The molecule has 1 aromatic heterocycles. The lowest BCUT2D eigenvalue weighted by Crippen LogP contribution is -2.33. The minimum absolute atomic E-state index is 0.185. The van der Waals surface area contributed by atoms with Gasteiger partial charge in [0, 0.05) is 0 Å². The molecular formula is C10H12N2O6S. The lowest BCUT2D eigenvalue weighted by atomic mass is 10.3. The third-order valence-corrected chi connectivity index (χ3v) is 3.83. The molecule has 9 heteroatoms. The maximum atomic E-state index is 11.8. The van der Waals surface area contributed by atoms with Crippen LogP contribution in [-0.2, 0) is 19.6 Å². The number of carbonyl (C=O) groups excluding carboxylic acids is 1. The summed E-state index contributed by atoms with van der Waals surface area (Å²) in [6.45, 7) is 1.15. The highest BCUT2D eigenvalue weighted by atomic mass is 32.2. The van der Waals surface area contributed by atoms with Crippen LogP contribution in [-0.4, -0.2) is 42.8 Å². The van der Waals surface area contributed by atoms with E-state index in [0.717, 1.165) is 14.0 Å². The Hall–Kier alpha value is -2.16. The highest BCUT2D eigenvalue weighted by molar-refractivity contribution is 7.94. The number of aromatic nitrogens is 1. The Kier molecular flexibility index (Phi) is 4.43. The molecule has 1 aromatic rings. The van der Waals surface area contributed by atoms with Crippen molar-refractivity contribution in [2.45, 2.75) is 12.2 Å². The molecule has 0 aromatic carbocycles. The van der Waals surface area contributed by atoms with Crippen molar-refractivity contribution in [1.29, 1.82) is 0 Å². The maximum absolute atomic E-state index is 11.8. The second-order valence-electron chi connectivity index (χ2n) is 3.53. The van der Waals surface area contributed by atoms with Gasteiger partial charge < -0.3 is 9.84 Å². The first-order valence-corrected chi connectivity index (χ1v) is 6.62. The second-order valence-corrected chi connectivity index (χ2v) is 5.53. The van der Waals surface area contributed by atoms with Gasteiger partial charge >= 0.3 is 11.9 Å². The molecule has 0 bridgehead atoms. The average Bonchev–Trinajstić information content (AvgIpc) is 2.36. The van der Waals surface area contributed by atoms with E-state index in [-0.39, 0.29) is 11.5 Å². The normalized spacial score (nSPS) is 12.5. The van der Waals surface area contributed by atoms with E-state index >= 15 is 0 Å². The summed E-state index contributed by atoms with van der Waals surface area (Å²) in [5, 5.41) is 7.29. The molecule has 0 fully saturated rings. The van der Waals surface area contributed by atoms with Crippen molar-refractivity contribution in [3.8, 4) is 0 Å². The molecule has 0 aliphatic carbocycles. The zero-order chi connectivity index (χ0) is 14.6. The van der Waals surface area contributed by atoms with Gasteiger partial charge in [-0.3, -0.25) is 9.52 Å². The van der Waals surface area contributed by atoms with Crippen molar-refractivity contribution in [2.24, 2.45) is 0 Å². The Morgan fingerprint density at radius 2 is 2.05 bits per heavy atom. The standard InChI is InChI=1S/C10H12N2O6S/c1-6(10(15)18-2)19(16,17)12-8-5-3-4-7(11-8)9(13)14/h3-6H,1-2H3,(H,11,12)(H,13,14). The fourth-order valence-electron chi connectivity index (χ4n) is 1.14. The van der Waals surface area contributed by atoms with Crippen LogP contribution in [0.4, 0.5) is 5.82 Å². The summed E-state index contributed by atoms with van der Waals surface area (Å²) in [5.41, 5.74) is -0.314. The van der Waals surface area contributed by atoms with Crippen molar-refractivity contribution in [3.05, 3.63) is 23.9 Å². The summed E-state index contributed by atoms with van der Waals surface area (Å²) in [6.07, 6.45) is 0. The van der Waals surface area contributed by atoms with Gasteiger partial charge in [0.1, 0.15) is 5.82 Å². The number of methoxy groups -OCH3 is 1. The van der Waals surface area contributed by atoms with E-state index < -0.39 is 27.2 Å². The number of carbonyl (C=O) groups is 2. The predicted octanol–water partition coefficient (Wildman–Crippen LogP) is 0.0830. The van der Waals surface area contributed by atoms with Crippen LogP contribution in [0.15, 0.2) is 18.2 Å². The highest BCUT2D eigenvalue weighted by Gasteiger charge is 2.29. The highest BCUT2D eigenvalue weighted by Crippen LogP contribution is 2.11. The first-order chi connectivity index (χ1) is 8.77. The van der Waals surface area contributed by atoms with Crippen molar-refractivity contribution >= 4 is 27.8 Å². The number of ether oxygens (including phenoxy) is 1. The summed E-state index contributed by atoms with van der Waals surface area (Å²) in [6, 6.07) is 3.81. The van der Waals surface area contributed by atoms with Crippen molar-refractivity contribution in [3.63, 3.8) is 0 Å². The minimum Gasteiger partial charge on any atom is -0.477 e. The zero-order valence-electron chi connectivity index (χ0n) is 10.2. The molecule has 2 N–H and O–H groups in total. The Labute approximate surface area is 109 Å². The van der Waals surface area contributed by atoms with Gasteiger partial charge in [-0.2, -0.15) is 0 Å². The predicted molar refractivity (Wildman–Crippen MR) is 65.2 cm³/mol. The SMILES string of the molecule is COC(=O)C(C)S(=O)(=O)Nc1cccc(C(=O)O)n1. The summed E-state index contributed by atoms with van der Waals surface area (Å²) >= 11 is 0. The van der Waals surface area contributed by atoms with E-state index in [1.807, 2.05) is 4.72 Å². The quantitative estimate of drug-likeness (QED) is 0.735. The molecule has 19 heavy (non-hydrogen) atoms. The van der Waals surface area contributed by atoms with Crippen LogP contribution in [0.3, 0.4) is 0 Å². The van der Waals surface area contributed by atoms with E-state index in [1.165, 1.54) is 18.2 Å². The third-order valence-electron chi connectivity index (χ3n) is 2.21. The van der Waals surface area contributed by atoms with Crippen LogP contribution >= 0.6 is 0 Å². The summed E-state index contributed by atoms with van der Waals surface area (Å²) in [5.74, 6) is -2.40. The number of esters is 1. The molecular weight excluding hydrogens is 276 g/mol. The smallest absolute Gasteiger partial charge is 0.354 e. The van der Waals surface area contributed by atoms with Gasteiger partial charge in [-0.15, -0.1) is 0 Å². The zero-order valence-corrected chi connectivity index (χ0v) is 11.0. The molecule has 0 aliphatic rings. The van der Waals surface area contributed by atoms with E-state index in [9.17, 15) is 18.0 Å². The van der Waals surface area contributed by atoms with Crippen LogP contribution in [0.2, 0.25) is 0 Å². The number of hydrogen-bond acceptors (Lipinski definition) is 6. The van der Waals surface area contributed by atoms with Gasteiger partial charge in [-0.25, -0.2) is 18.2 Å². The van der Waals surface area contributed by atoms with Crippen LogP contribution in [0.1, 0.15) is 17.4 Å². The van der Waals surface area contributed by atoms with Crippen molar-refractivity contribution < 1.29 is 27.9 Å². The maximum Gasteiger partial charge on any atom is 0.354 e.